The first-order valence-corrected chi connectivity index (χ1v) is 13.4. The summed E-state index contributed by atoms with van der Waals surface area (Å²) in [5.41, 5.74) is 6.40. The first-order chi connectivity index (χ1) is 18.2. The molecule has 0 aliphatic rings. The van der Waals surface area contributed by atoms with Gasteiger partial charge in [0, 0.05) is 32.7 Å². The van der Waals surface area contributed by atoms with Crippen molar-refractivity contribution in [2.45, 2.75) is 51.7 Å². The van der Waals surface area contributed by atoms with Crippen LogP contribution in [0, 0.1) is 13.8 Å². The first kappa shape index (κ1) is 31.7. The second-order valence-corrected chi connectivity index (χ2v) is 11.6. The summed E-state index contributed by atoms with van der Waals surface area (Å²) in [6.07, 6.45) is -0.766. The number of rotatable bonds is 10. The highest BCUT2D eigenvalue weighted by atomic mass is 32.2. The van der Waals surface area contributed by atoms with Crippen LogP contribution in [-0.2, 0) is 31.8 Å². The van der Waals surface area contributed by atoms with Crippen molar-refractivity contribution in [2.24, 2.45) is 0 Å². The van der Waals surface area contributed by atoms with Crippen LogP contribution in [0.5, 0.6) is 5.75 Å². The summed E-state index contributed by atoms with van der Waals surface area (Å²) in [6, 6.07) is 9.75. The molecule has 214 valence electrons. The molecule has 0 aliphatic heterocycles. The molecule has 0 saturated heterocycles. The topological polar surface area (TPSA) is 138 Å². The maximum Gasteiger partial charge on any atom is 0.426 e. The van der Waals surface area contributed by atoms with E-state index in [1.165, 1.54) is 4.90 Å². The van der Waals surface area contributed by atoms with Crippen LogP contribution in [0.15, 0.2) is 41.3 Å². The first-order valence-electron chi connectivity index (χ1n) is 12.3. The summed E-state index contributed by atoms with van der Waals surface area (Å²) >= 11 is 0. The number of ether oxygens (including phenoxy) is 2. The number of carbonyl (C=O) groups is 3. The number of aromatic hydroxyl groups is 1. The number of hydrogen-bond acceptors (Lipinski definition) is 7. The lowest BCUT2D eigenvalue weighted by Gasteiger charge is -2.20. The van der Waals surface area contributed by atoms with E-state index in [0.29, 0.717) is 23.5 Å². The van der Waals surface area contributed by atoms with Crippen molar-refractivity contribution in [3.8, 4) is 5.75 Å². The Labute approximate surface area is 232 Å². The SMILES string of the molecule is Cc1cc(O)cc(C)c1S(=O)N(C)CCOCC(=O)N(C)Cc1ccc(C(=O)NNC(=O)OC(C)(C)C)cc1. The molecule has 2 aromatic rings. The third-order valence-corrected chi connectivity index (χ3v) is 7.16. The number of phenols is 1. The van der Waals surface area contributed by atoms with Gasteiger partial charge < -0.3 is 19.5 Å². The van der Waals surface area contributed by atoms with Gasteiger partial charge in [-0.1, -0.05) is 12.1 Å². The Morgan fingerprint density at radius 1 is 1.00 bits per heavy atom. The minimum Gasteiger partial charge on any atom is -0.508 e. The van der Waals surface area contributed by atoms with Crippen molar-refractivity contribution >= 4 is 28.9 Å². The zero-order valence-electron chi connectivity index (χ0n) is 23.5. The maximum atomic E-state index is 12.9. The fraction of sp³-hybridized carbons (Fsp3) is 0.444. The molecule has 11 nitrogen and oxygen atoms in total. The van der Waals surface area contributed by atoms with Gasteiger partial charge in [-0.3, -0.25) is 15.0 Å². The number of nitrogens with one attached hydrogen (secondary N) is 2. The van der Waals surface area contributed by atoms with Gasteiger partial charge in [-0.15, -0.1) is 0 Å². The molecule has 2 rings (SSSR count). The third-order valence-electron chi connectivity index (χ3n) is 5.42. The quantitative estimate of drug-likeness (QED) is 0.299. The van der Waals surface area contributed by atoms with E-state index in [1.807, 2.05) is 0 Å². The molecule has 0 bridgehead atoms. The fourth-order valence-corrected chi connectivity index (χ4v) is 4.73. The van der Waals surface area contributed by atoms with E-state index in [1.54, 1.807) is 89.4 Å². The Hall–Kier alpha value is -3.48. The van der Waals surface area contributed by atoms with Crippen LogP contribution in [0.25, 0.3) is 0 Å². The van der Waals surface area contributed by atoms with Gasteiger partial charge in [-0.25, -0.2) is 18.7 Å². The molecule has 0 spiro atoms. The van der Waals surface area contributed by atoms with Crippen LogP contribution >= 0.6 is 0 Å². The van der Waals surface area contributed by atoms with Crippen LogP contribution < -0.4 is 10.9 Å². The monoisotopic (exact) mass is 562 g/mol. The summed E-state index contributed by atoms with van der Waals surface area (Å²) in [5.74, 6) is -0.604. The number of likely N-dealkylation sites (N-methyl/N-ethyl adjacent to an activating group) is 2. The van der Waals surface area contributed by atoms with Crippen molar-refractivity contribution in [1.82, 2.24) is 20.1 Å². The van der Waals surface area contributed by atoms with E-state index in [4.69, 9.17) is 9.47 Å². The molecule has 0 heterocycles. The van der Waals surface area contributed by atoms with Gasteiger partial charge in [-0.2, -0.15) is 0 Å². The van der Waals surface area contributed by atoms with Crippen LogP contribution in [0.4, 0.5) is 4.79 Å². The molecule has 1 atom stereocenters. The van der Waals surface area contributed by atoms with Gasteiger partial charge in [0.25, 0.3) is 5.91 Å². The lowest BCUT2D eigenvalue weighted by Crippen LogP contribution is -2.44. The average Bonchev–Trinajstić information content (AvgIpc) is 2.83. The van der Waals surface area contributed by atoms with E-state index < -0.39 is 28.6 Å². The molecule has 12 heteroatoms. The Bertz CT molecular complexity index is 1170. The summed E-state index contributed by atoms with van der Waals surface area (Å²) in [7, 11) is 1.92. The molecule has 0 aliphatic carbocycles. The van der Waals surface area contributed by atoms with Crippen molar-refractivity contribution < 1.29 is 33.2 Å². The predicted molar refractivity (Wildman–Crippen MR) is 147 cm³/mol. The summed E-state index contributed by atoms with van der Waals surface area (Å²) in [4.78, 5) is 38.5. The van der Waals surface area contributed by atoms with E-state index in [9.17, 15) is 23.7 Å². The summed E-state index contributed by atoms with van der Waals surface area (Å²) < 4.78 is 25.1. The van der Waals surface area contributed by atoms with Crippen LogP contribution in [0.2, 0.25) is 0 Å². The summed E-state index contributed by atoms with van der Waals surface area (Å²) in [5, 5.41) is 9.70. The number of carbonyl (C=O) groups excluding carboxylic acids is 3. The van der Waals surface area contributed by atoms with Gasteiger partial charge in [0.15, 0.2) is 0 Å². The minimum atomic E-state index is -1.43. The van der Waals surface area contributed by atoms with Crippen LogP contribution in [-0.4, -0.2) is 75.9 Å². The smallest absolute Gasteiger partial charge is 0.426 e. The zero-order valence-corrected chi connectivity index (χ0v) is 24.3. The number of aryl methyl sites for hydroxylation is 2. The number of hydrazine groups is 1. The molecule has 0 fully saturated rings. The Morgan fingerprint density at radius 3 is 2.15 bits per heavy atom. The van der Waals surface area contributed by atoms with Crippen molar-refractivity contribution in [1.29, 1.82) is 0 Å². The van der Waals surface area contributed by atoms with Gasteiger partial charge in [0.1, 0.15) is 28.9 Å². The molecule has 1 unspecified atom stereocenters. The van der Waals surface area contributed by atoms with Gasteiger partial charge >= 0.3 is 6.09 Å². The van der Waals surface area contributed by atoms with E-state index in [0.717, 1.165) is 16.7 Å². The molecular formula is C27H38N4O7S. The van der Waals surface area contributed by atoms with Gasteiger partial charge in [-0.05, 0) is 75.6 Å². The molecule has 3 amide bonds. The average molecular weight is 563 g/mol. The Kier molecular flexibility index (Phi) is 11.4. The molecule has 3 N–H and O–H groups in total. The molecule has 0 radical (unpaired) electrons. The molecule has 2 aromatic carbocycles. The number of phenolic OH excluding ortho intramolecular Hbond substituents is 1. The molecular weight excluding hydrogens is 524 g/mol. The van der Waals surface area contributed by atoms with Gasteiger partial charge in [0.2, 0.25) is 5.91 Å². The second-order valence-electron chi connectivity index (χ2n) is 10.1. The number of amides is 3. The highest BCUT2D eigenvalue weighted by Crippen LogP contribution is 2.24. The lowest BCUT2D eigenvalue weighted by molar-refractivity contribution is -0.135. The number of hydrogen-bond donors (Lipinski definition) is 3. The highest BCUT2D eigenvalue weighted by molar-refractivity contribution is 7.82. The molecule has 0 aromatic heterocycles. The van der Waals surface area contributed by atoms with Crippen molar-refractivity contribution in [2.75, 3.05) is 33.9 Å². The Morgan fingerprint density at radius 2 is 1.59 bits per heavy atom. The normalized spacial score (nSPS) is 12.1. The molecule has 0 saturated carbocycles. The standard InChI is InChI=1S/C27H38N4O7S/c1-18-14-22(32)15-19(2)24(18)39(36)31(7)12-13-37-17-23(33)30(6)16-20-8-10-21(11-9-20)25(34)28-29-26(35)38-27(3,4)5/h8-11,14-15,32H,12-13,16-17H2,1-7H3,(H,28,34)(H,29,35). The van der Waals surface area contributed by atoms with Gasteiger partial charge in [0.05, 0.1) is 11.5 Å². The van der Waals surface area contributed by atoms with E-state index >= 15 is 0 Å². The van der Waals surface area contributed by atoms with E-state index in [2.05, 4.69) is 10.9 Å². The van der Waals surface area contributed by atoms with Crippen LogP contribution in [0.1, 0.15) is 47.8 Å². The highest BCUT2D eigenvalue weighted by Gasteiger charge is 2.18. The van der Waals surface area contributed by atoms with Crippen LogP contribution in [0.3, 0.4) is 0 Å². The summed E-state index contributed by atoms with van der Waals surface area (Å²) in [6.45, 7) is 9.46. The largest absolute Gasteiger partial charge is 0.508 e. The van der Waals surface area contributed by atoms with Crippen molar-refractivity contribution in [3.05, 3.63) is 58.7 Å². The number of benzene rings is 2. The molecule has 39 heavy (non-hydrogen) atoms. The van der Waals surface area contributed by atoms with E-state index in [-0.39, 0.29) is 24.9 Å². The lowest BCUT2D eigenvalue weighted by atomic mass is 10.1. The zero-order chi connectivity index (χ0) is 29.3. The second kappa shape index (κ2) is 14.1. The van der Waals surface area contributed by atoms with Crippen molar-refractivity contribution in [3.63, 3.8) is 0 Å². The Balaban J connectivity index is 1.76. The maximum absolute atomic E-state index is 12.9. The minimum absolute atomic E-state index is 0.133. The third kappa shape index (κ3) is 10.3. The fourth-order valence-electron chi connectivity index (χ4n) is 3.51. The predicted octanol–water partition coefficient (Wildman–Crippen LogP) is 2.81. The number of nitrogens with zero attached hydrogens (tertiary/aromatic N) is 2.